The molecule has 2 atom stereocenters. The van der Waals surface area contributed by atoms with E-state index < -0.39 is 0 Å². The first-order chi connectivity index (χ1) is 10.00. The van der Waals surface area contributed by atoms with Gasteiger partial charge in [-0.25, -0.2) is 0 Å². The summed E-state index contributed by atoms with van der Waals surface area (Å²) in [6.07, 6.45) is 3.38. The molecule has 0 amide bonds. The first kappa shape index (κ1) is 17.2. The average molecular weight is 298 g/mol. The average Bonchev–Trinajstić information content (AvgIpc) is 2.96. The van der Waals surface area contributed by atoms with E-state index in [0.29, 0.717) is 12.0 Å². The third-order valence-corrected chi connectivity index (χ3v) is 5.78. The Labute approximate surface area is 130 Å². The fourth-order valence-electron chi connectivity index (χ4n) is 3.88. The normalized spacial score (nSPS) is 33.7. The molecule has 2 aliphatic heterocycles. The molecule has 4 heteroatoms. The van der Waals surface area contributed by atoms with Crippen LogP contribution in [0.1, 0.15) is 47.0 Å². The third kappa shape index (κ3) is 3.61. The molecule has 1 N–H and O–H groups in total. The lowest BCUT2D eigenvalue weighted by Crippen LogP contribution is -2.67. The van der Waals surface area contributed by atoms with E-state index in [4.69, 9.17) is 9.47 Å². The fraction of sp³-hybridized carbons (Fsp3) is 1.00. The first-order valence-corrected chi connectivity index (χ1v) is 8.62. The van der Waals surface area contributed by atoms with Crippen LogP contribution in [0.4, 0.5) is 0 Å². The monoisotopic (exact) mass is 298 g/mol. The van der Waals surface area contributed by atoms with Gasteiger partial charge in [0.25, 0.3) is 0 Å². The summed E-state index contributed by atoms with van der Waals surface area (Å²) in [6, 6.07) is 0.587. The second-order valence-electron chi connectivity index (χ2n) is 7.27. The smallest absolute Gasteiger partial charge is 0.106 e. The maximum absolute atomic E-state index is 5.88. The standard InChI is InChI=1S/C17H34N2O2/c1-6-16(7-2)11-19(15(10-18-16)14(3)4)12-17(20-5)8-9-21-13-17/h14-15,18H,6-13H2,1-5H3. The lowest BCUT2D eigenvalue weighted by Gasteiger charge is -2.50. The van der Waals surface area contributed by atoms with Crippen molar-refractivity contribution in [2.75, 3.05) is 40.0 Å². The number of hydrogen-bond acceptors (Lipinski definition) is 4. The van der Waals surface area contributed by atoms with E-state index in [9.17, 15) is 0 Å². The number of nitrogens with zero attached hydrogens (tertiary/aromatic N) is 1. The van der Waals surface area contributed by atoms with E-state index in [1.165, 1.54) is 12.8 Å². The third-order valence-electron chi connectivity index (χ3n) is 5.78. The summed E-state index contributed by atoms with van der Waals surface area (Å²) in [4.78, 5) is 2.67. The highest BCUT2D eigenvalue weighted by molar-refractivity contribution is 5.00. The molecule has 0 aromatic rings. The van der Waals surface area contributed by atoms with Crippen LogP contribution in [0.5, 0.6) is 0 Å². The zero-order valence-electron chi connectivity index (χ0n) is 14.6. The minimum atomic E-state index is -0.0995. The molecule has 4 nitrogen and oxygen atoms in total. The molecule has 0 aromatic carbocycles. The van der Waals surface area contributed by atoms with E-state index in [2.05, 4.69) is 37.9 Å². The van der Waals surface area contributed by atoms with Gasteiger partial charge in [0, 0.05) is 51.4 Å². The van der Waals surface area contributed by atoms with Crippen LogP contribution in [0.3, 0.4) is 0 Å². The number of nitrogens with one attached hydrogen (secondary N) is 1. The highest BCUT2D eigenvalue weighted by Gasteiger charge is 2.43. The fourth-order valence-corrected chi connectivity index (χ4v) is 3.88. The predicted molar refractivity (Wildman–Crippen MR) is 86.7 cm³/mol. The number of rotatable bonds is 6. The van der Waals surface area contributed by atoms with Gasteiger partial charge in [-0.15, -0.1) is 0 Å². The molecule has 0 aromatic heterocycles. The Kier molecular flexibility index (Phi) is 5.69. The van der Waals surface area contributed by atoms with Crippen molar-refractivity contribution in [1.29, 1.82) is 0 Å². The Morgan fingerprint density at radius 2 is 2.05 bits per heavy atom. The van der Waals surface area contributed by atoms with Crippen molar-refractivity contribution in [3.05, 3.63) is 0 Å². The van der Waals surface area contributed by atoms with Gasteiger partial charge < -0.3 is 14.8 Å². The van der Waals surface area contributed by atoms with Crippen LogP contribution in [0.25, 0.3) is 0 Å². The van der Waals surface area contributed by atoms with Crippen molar-refractivity contribution in [3.63, 3.8) is 0 Å². The van der Waals surface area contributed by atoms with Crippen LogP contribution in [-0.2, 0) is 9.47 Å². The van der Waals surface area contributed by atoms with E-state index in [-0.39, 0.29) is 11.1 Å². The molecule has 2 heterocycles. The highest BCUT2D eigenvalue weighted by atomic mass is 16.5. The minimum absolute atomic E-state index is 0.0995. The van der Waals surface area contributed by atoms with Crippen molar-refractivity contribution < 1.29 is 9.47 Å². The van der Waals surface area contributed by atoms with Gasteiger partial charge in [-0.05, 0) is 18.8 Å². The van der Waals surface area contributed by atoms with Crippen molar-refractivity contribution in [3.8, 4) is 0 Å². The Morgan fingerprint density at radius 1 is 1.33 bits per heavy atom. The molecule has 21 heavy (non-hydrogen) atoms. The molecule has 2 fully saturated rings. The summed E-state index contributed by atoms with van der Waals surface area (Å²) < 4.78 is 11.5. The molecule has 0 bridgehead atoms. The maximum atomic E-state index is 5.88. The molecule has 2 unspecified atom stereocenters. The van der Waals surface area contributed by atoms with Crippen LogP contribution in [0.2, 0.25) is 0 Å². The SMILES string of the molecule is CCC1(CC)CN(CC2(OC)CCOC2)C(C(C)C)CN1. The van der Waals surface area contributed by atoms with Crippen molar-refractivity contribution >= 4 is 0 Å². The zero-order valence-corrected chi connectivity index (χ0v) is 14.6. The molecule has 0 aliphatic carbocycles. The molecule has 0 radical (unpaired) electrons. The van der Waals surface area contributed by atoms with E-state index in [0.717, 1.165) is 39.3 Å². The molecule has 2 saturated heterocycles. The largest absolute Gasteiger partial charge is 0.378 e. The Balaban J connectivity index is 2.14. The van der Waals surface area contributed by atoms with Gasteiger partial charge in [-0.2, -0.15) is 0 Å². The lowest BCUT2D eigenvalue weighted by atomic mass is 9.85. The van der Waals surface area contributed by atoms with Gasteiger partial charge in [0.1, 0.15) is 5.60 Å². The molecule has 124 valence electrons. The summed E-state index contributed by atoms with van der Waals surface area (Å²) >= 11 is 0. The summed E-state index contributed by atoms with van der Waals surface area (Å²) in [5, 5.41) is 3.84. The van der Waals surface area contributed by atoms with Crippen LogP contribution in [0, 0.1) is 5.92 Å². The van der Waals surface area contributed by atoms with E-state index >= 15 is 0 Å². The Morgan fingerprint density at radius 3 is 2.52 bits per heavy atom. The first-order valence-electron chi connectivity index (χ1n) is 8.62. The van der Waals surface area contributed by atoms with Gasteiger partial charge in [-0.3, -0.25) is 4.90 Å². The second kappa shape index (κ2) is 6.95. The van der Waals surface area contributed by atoms with Crippen LogP contribution < -0.4 is 5.32 Å². The minimum Gasteiger partial charge on any atom is -0.378 e. The van der Waals surface area contributed by atoms with Gasteiger partial charge in [0.15, 0.2) is 0 Å². The summed E-state index contributed by atoms with van der Waals surface area (Å²) in [6.45, 7) is 14.0. The molecule has 2 aliphatic rings. The summed E-state index contributed by atoms with van der Waals surface area (Å²) in [7, 11) is 1.84. The van der Waals surface area contributed by atoms with Crippen LogP contribution in [0.15, 0.2) is 0 Å². The number of hydrogen-bond donors (Lipinski definition) is 1. The molecule has 2 rings (SSSR count). The molecule has 0 spiro atoms. The van der Waals surface area contributed by atoms with Crippen LogP contribution >= 0.6 is 0 Å². The van der Waals surface area contributed by atoms with Crippen molar-refractivity contribution in [2.24, 2.45) is 5.92 Å². The molecular formula is C17H34N2O2. The predicted octanol–water partition coefficient (Wildman–Crippen LogP) is 2.28. The number of methoxy groups -OCH3 is 1. The van der Waals surface area contributed by atoms with E-state index in [1.807, 2.05) is 7.11 Å². The van der Waals surface area contributed by atoms with Gasteiger partial charge in [0.05, 0.1) is 6.61 Å². The summed E-state index contributed by atoms with van der Waals surface area (Å²) in [5.41, 5.74) is 0.164. The van der Waals surface area contributed by atoms with E-state index in [1.54, 1.807) is 0 Å². The Hall–Kier alpha value is -0.160. The quantitative estimate of drug-likeness (QED) is 0.816. The zero-order chi connectivity index (χ0) is 15.5. The lowest BCUT2D eigenvalue weighted by molar-refractivity contribution is -0.0678. The van der Waals surface area contributed by atoms with Crippen LogP contribution in [-0.4, -0.2) is 62.0 Å². The molecule has 0 saturated carbocycles. The highest BCUT2D eigenvalue weighted by Crippen LogP contribution is 2.30. The Bertz CT molecular complexity index is 323. The number of ether oxygens (including phenoxy) is 2. The van der Waals surface area contributed by atoms with Gasteiger partial charge in [0.2, 0.25) is 0 Å². The number of piperazine rings is 1. The van der Waals surface area contributed by atoms with Crippen molar-refractivity contribution in [1.82, 2.24) is 10.2 Å². The second-order valence-corrected chi connectivity index (χ2v) is 7.27. The summed E-state index contributed by atoms with van der Waals surface area (Å²) in [5.74, 6) is 0.653. The molecular weight excluding hydrogens is 264 g/mol. The van der Waals surface area contributed by atoms with Crippen molar-refractivity contribution in [2.45, 2.75) is 64.1 Å². The van der Waals surface area contributed by atoms with Gasteiger partial charge >= 0.3 is 0 Å². The van der Waals surface area contributed by atoms with Gasteiger partial charge in [-0.1, -0.05) is 27.7 Å². The maximum Gasteiger partial charge on any atom is 0.106 e. The topological polar surface area (TPSA) is 33.7 Å².